The number of benzene rings is 1. The molecule has 1 aromatic heterocycles. The minimum atomic E-state index is -3.52. The molecule has 2 aromatic rings. The molecule has 1 N–H and O–H groups in total. The van der Waals surface area contributed by atoms with Crippen molar-refractivity contribution in [2.75, 3.05) is 18.4 Å². The number of rotatable bonds is 4. The van der Waals surface area contributed by atoms with Crippen LogP contribution in [0, 0.1) is 33.6 Å². The summed E-state index contributed by atoms with van der Waals surface area (Å²) < 4.78 is 27.2. The molecule has 0 atom stereocenters. The largest absolute Gasteiger partial charge is 0.302 e. The molecule has 2 heterocycles. The first-order valence-electron chi connectivity index (χ1n) is 9.01. The van der Waals surface area contributed by atoms with Crippen LogP contribution >= 0.6 is 11.3 Å². The minimum absolute atomic E-state index is 0.0769. The quantitative estimate of drug-likeness (QED) is 0.842. The lowest BCUT2D eigenvalue weighted by molar-refractivity contribution is -0.120. The van der Waals surface area contributed by atoms with Crippen LogP contribution in [-0.4, -0.2) is 36.7 Å². The van der Waals surface area contributed by atoms with E-state index in [4.69, 9.17) is 0 Å². The number of nitrogens with one attached hydrogen (secondary N) is 1. The highest BCUT2D eigenvalue weighted by atomic mass is 32.2. The fourth-order valence-electron chi connectivity index (χ4n) is 3.12. The summed E-state index contributed by atoms with van der Waals surface area (Å²) in [4.78, 5) is 18.2. The normalized spacial score (nSPS) is 16.4. The fourth-order valence-corrected chi connectivity index (χ4v) is 5.49. The molecule has 1 amide bonds. The van der Waals surface area contributed by atoms with Crippen LogP contribution < -0.4 is 5.32 Å². The molecule has 0 radical (unpaired) electrons. The smallest absolute Gasteiger partial charge is 0.243 e. The molecule has 1 aliphatic heterocycles. The van der Waals surface area contributed by atoms with Gasteiger partial charge in [0.15, 0.2) is 5.13 Å². The van der Waals surface area contributed by atoms with E-state index in [-0.39, 0.29) is 11.8 Å². The summed E-state index contributed by atoms with van der Waals surface area (Å²) in [7, 11) is -3.52. The second-order valence-electron chi connectivity index (χ2n) is 7.07. The first kappa shape index (κ1) is 20.0. The van der Waals surface area contributed by atoms with Gasteiger partial charge in [-0.15, -0.1) is 11.3 Å². The zero-order valence-electron chi connectivity index (χ0n) is 16.1. The van der Waals surface area contributed by atoms with Gasteiger partial charge in [0.1, 0.15) is 0 Å². The average molecular weight is 408 g/mol. The second kappa shape index (κ2) is 7.69. The highest BCUT2D eigenvalue weighted by Crippen LogP contribution is 2.27. The van der Waals surface area contributed by atoms with E-state index in [0.29, 0.717) is 36.0 Å². The lowest BCUT2D eigenvalue weighted by atomic mass is 9.97. The monoisotopic (exact) mass is 407 g/mol. The minimum Gasteiger partial charge on any atom is -0.302 e. The van der Waals surface area contributed by atoms with Crippen molar-refractivity contribution >= 4 is 32.4 Å². The van der Waals surface area contributed by atoms with Gasteiger partial charge < -0.3 is 5.32 Å². The number of hydrogen-bond acceptors (Lipinski definition) is 5. The molecule has 0 spiro atoms. The summed E-state index contributed by atoms with van der Waals surface area (Å²) in [6.45, 7) is 8.46. The molecular weight excluding hydrogens is 382 g/mol. The summed E-state index contributed by atoms with van der Waals surface area (Å²) in [5, 5.41) is 3.48. The fraction of sp³-hybridized carbons (Fsp3) is 0.474. The van der Waals surface area contributed by atoms with Gasteiger partial charge in [-0.3, -0.25) is 4.79 Å². The maximum atomic E-state index is 12.9. The van der Waals surface area contributed by atoms with Crippen molar-refractivity contribution in [2.24, 2.45) is 5.92 Å². The van der Waals surface area contributed by atoms with Gasteiger partial charge in [0.2, 0.25) is 15.9 Å². The van der Waals surface area contributed by atoms with Gasteiger partial charge in [0.05, 0.1) is 10.6 Å². The second-order valence-corrected chi connectivity index (χ2v) is 10.2. The Morgan fingerprint density at radius 1 is 1.15 bits per heavy atom. The number of piperidine rings is 1. The van der Waals surface area contributed by atoms with Crippen LogP contribution in [0.3, 0.4) is 0 Å². The van der Waals surface area contributed by atoms with E-state index in [1.54, 1.807) is 12.1 Å². The van der Waals surface area contributed by atoms with Crippen LogP contribution in [-0.2, 0) is 14.8 Å². The lowest BCUT2D eigenvalue weighted by Crippen LogP contribution is -2.41. The molecule has 3 rings (SSSR count). The molecule has 6 nitrogen and oxygen atoms in total. The molecule has 8 heteroatoms. The van der Waals surface area contributed by atoms with Gasteiger partial charge in [-0.2, -0.15) is 4.31 Å². The number of aryl methyl sites for hydroxylation is 4. The lowest BCUT2D eigenvalue weighted by Gasteiger charge is -2.30. The molecule has 146 valence electrons. The van der Waals surface area contributed by atoms with E-state index in [1.165, 1.54) is 15.6 Å². The molecule has 1 aromatic carbocycles. The van der Waals surface area contributed by atoms with Crippen LogP contribution in [0.1, 0.15) is 34.5 Å². The molecule has 1 fully saturated rings. The van der Waals surface area contributed by atoms with E-state index >= 15 is 0 Å². The first-order valence-corrected chi connectivity index (χ1v) is 11.3. The maximum Gasteiger partial charge on any atom is 0.243 e. The van der Waals surface area contributed by atoms with Crippen LogP contribution in [0.5, 0.6) is 0 Å². The Morgan fingerprint density at radius 2 is 1.81 bits per heavy atom. The molecule has 0 bridgehead atoms. The predicted molar refractivity (Wildman–Crippen MR) is 108 cm³/mol. The summed E-state index contributed by atoms with van der Waals surface area (Å²) in [6, 6.07) is 5.21. The van der Waals surface area contributed by atoms with E-state index in [1.807, 2.05) is 33.8 Å². The predicted octanol–water partition coefficient (Wildman–Crippen LogP) is 3.42. The van der Waals surface area contributed by atoms with Crippen molar-refractivity contribution in [1.82, 2.24) is 9.29 Å². The topological polar surface area (TPSA) is 79.4 Å². The highest BCUT2D eigenvalue weighted by molar-refractivity contribution is 7.89. The molecule has 1 saturated heterocycles. The summed E-state index contributed by atoms with van der Waals surface area (Å²) >= 11 is 1.46. The number of anilines is 1. The van der Waals surface area contributed by atoms with Crippen molar-refractivity contribution in [3.63, 3.8) is 0 Å². The van der Waals surface area contributed by atoms with Gasteiger partial charge >= 0.3 is 0 Å². The first-order chi connectivity index (χ1) is 12.7. The maximum absolute atomic E-state index is 12.9. The van der Waals surface area contributed by atoms with Gasteiger partial charge in [-0.1, -0.05) is 6.07 Å². The standard InChI is InChI=1S/C19H25N3O3S2/c1-12-5-6-17(11-13(12)2)27(24,25)22-9-7-16(8-10-22)18(23)21-19-20-14(3)15(4)26-19/h5-6,11,16H,7-10H2,1-4H3,(H,20,21,23). The molecule has 0 unspecified atom stereocenters. The van der Waals surface area contributed by atoms with Gasteiger partial charge in [0.25, 0.3) is 0 Å². The number of amides is 1. The van der Waals surface area contributed by atoms with E-state index < -0.39 is 10.0 Å². The van der Waals surface area contributed by atoms with Crippen molar-refractivity contribution < 1.29 is 13.2 Å². The third kappa shape index (κ3) is 4.23. The SMILES string of the molecule is Cc1ccc(S(=O)(=O)N2CCC(C(=O)Nc3nc(C)c(C)s3)CC2)cc1C. The van der Waals surface area contributed by atoms with E-state index in [0.717, 1.165) is 21.7 Å². The number of aromatic nitrogens is 1. The molecule has 0 aliphatic carbocycles. The third-order valence-electron chi connectivity index (χ3n) is 5.20. The highest BCUT2D eigenvalue weighted by Gasteiger charge is 2.32. The zero-order valence-corrected chi connectivity index (χ0v) is 17.7. The van der Waals surface area contributed by atoms with Crippen LogP contribution in [0.15, 0.2) is 23.1 Å². The van der Waals surface area contributed by atoms with Crippen LogP contribution in [0.4, 0.5) is 5.13 Å². The number of hydrogen-bond donors (Lipinski definition) is 1. The van der Waals surface area contributed by atoms with E-state index in [2.05, 4.69) is 10.3 Å². The van der Waals surface area contributed by atoms with Crippen LogP contribution in [0.2, 0.25) is 0 Å². The molecule has 0 saturated carbocycles. The molecular formula is C19H25N3O3S2. The Hall–Kier alpha value is -1.77. The Morgan fingerprint density at radius 3 is 2.37 bits per heavy atom. The number of sulfonamides is 1. The van der Waals surface area contributed by atoms with Crippen molar-refractivity contribution in [3.8, 4) is 0 Å². The van der Waals surface area contributed by atoms with Crippen molar-refractivity contribution in [2.45, 2.75) is 45.4 Å². The van der Waals surface area contributed by atoms with Crippen molar-refractivity contribution in [1.29, 1.82) is 0 Å². The zero-order chi connectivity index (χ0) is 19.8. The van der Waals surface area contributed by atoms with Crippen LogP contribution in [0.25, 0.3) is 0 Å². The Kier molecular flexibility index (Phi) is 5.69. The number of carbonyl (C=O) groups is 1. The number of thiazole rings is 1. The Bertz CT molecular complexity index is 939. The Balaban J connectivity index is 1.63. The molecule has 27 heavy (non-hydrogen) atoms. The summed E-state index contributed by atoms with van der Waals surface area (Å²) in [5.41, 5.74) is 2.95. The van der Waals surface area contributed by atoms with Gasteiger partial charge in [-0.05, 0) is 63.8 Å². The van der Waals surface area contributed by atoms with Gasteiger partial charge in [0, 0.05) is 23.9 Å². The van der Waals surface area contributed by atoms with Gasteiger partial charge in [-0.25, -0.2) is 13.4 Å². The van der Waals surface area contributed by atoms with Crippen molar-refractivity contribution in [3.05, 3.63) is 39.9 Å². The van der Waals surface area contributed by atoms with E-state index in [9.17, 15) is 13.2 Å². The number of carbonyl (C=O) groups excluding carboxylic acids is 1. The summed E-state index contributed by atoms with van der Waals surface area (Å²) in [6.07, 6.45) is 1.03. The number of nitrogens with zero attached hydrogens (tertiary/aromatic N) is 2. The summed E-state index contributed by atoms with van der Waals surface area (Å²) in [5.74, 6) is -0.271. The molecule has 1 aliphatic rings. The Labute approximate surface area is 164 Å². The average Bonchev–Trinajstić information content (AvgIpc) is 2.94. The third-order valence-corrected chi connectivity index (χ3v) is 8.08.